The van der Waals surface area contributed by atoms with Gasteiger partial charge in [0, 0.05) is 4.90 Å². The van der Waals surface area contributed by atoms with E-state index in [1.807, 2.05) is 6.92 Å². The van der Waals surface area contributed by atoms with Gasteiger partial charge in [0.05, 0.1) is 5.02 Å². The van der Waals surface area contributed by atoms with E-state index in [0.29, 0.717) is 10.6 Å². The Bertz CT molecular complexity index is 597. The normalized spacial score (nSPS) is 12.6. The van der Waals surface area contributed by atoms with Gasteiger partial charge in [0.15, 0.2) is 6.35 Å². The molecule has 19 heavy (non-hydrogen) atoms. The molecule has 0 heterocycles. The molecule has 0 saturated heterocycles. The summed E-state index contributed by atoms with van der Waals surface area (Å²) in [5, 5.41) is -0.0517. The van der Waals surface area contributed by atoms with Crippen molar-refractivity contribution >= 4 is 41.1 Å². The number of benzene rings is 1. The molecule has 0 atom stereocenters. The Morgan fingerprint density at radius 1 is 1.42 bits per heavy atom. The van der Waals surface area contributed by atoms with Crippen LogP contribution < -0.4 is 0 Å². The molecule has 0 amide bonds. The lowest BCUT2D eigenvalue weighted by Crippen LogP contribution is -2.10. The fourth-order valence-corrected chi connectivity index (χ4v) is 4.77. The highest BCUT2D eigenvalue weighted by molar-refractivity contribution is 8.00. The fourth-order valence-electron chi connectivity index (χ4n) is 1.20. The van der Waals surface area contributed by atoms with Crippen LogP contribution in [0.25, 0.3) is 0 Å². The molecule has 108 valence electrons. The predicted octanol–water partition coefficient (Wildman–Crippen LogP) is 2.29. The van der Waals surface area contributed by atoms with Gasteiger partial charge in [-0.15, -0.1) is 11.8 Å². The highest BCUT2D eigenvalue weighted by Crippen LogP contribution is 2.38. The zero-order chi connectivity index (χ0) is 14.7. The average molecular weight is 347 g/mol. The summed E-state index contributed by atoms with van der Waals surface area (Å²) in [5.74, 6) is 0.612. The van der Waals surface area contributed by atoms with Crippen LogP contribution in [-0.4, -0.2) is 30.3 Å². The van der Waals surface area contributed by atoms with Crippen LogP contribution >= 0.6 is 31.0 Å². The summed E-state index contributed by atoms with van der Waals surface area (Å²) in [6, 6.07) is 4.51. The summed E-state index contributed by atoms with van der Waals surface area (Å²) in [6.07, 6.45) is -1.21. The largest absolute Gasteiger partial charge is 0.352 e. The lowest BCUT2D eigenvalue weighted by molar-refractivity contribution is 0.300. The summed E-state index contributed by atoms with van der Waals surface area (Å²) in [7, 11) is -8.90. The Kier molecular flexibility index (Phi) is 5.88. The summed E-state index contributed by atoms with van der Waals surface area (Å²) >= 11 is 7.07. The van der Waals surface area contributed by atoms with Crippen LogP contribution in [0, 0.1) is 0 Å². The van der Waals surface area contributed by atoms with E-state index in [4.69, 9.17) is 21.4 Å². The second-order valence-corrected chi connectivity index (χ2v) is 8.22. The van der Waals surface area contributed by atoms with E-state index in [9.17, 15) is 13.0 Å². The first-order valence-corrected chi connectivity index (χ1v) is 9.59. The third-order valence-electron chi connectivity index (χ3n) is 1.86. The van der Waals surface area contributed by atoms with Crippen molar-refractivity contribution in [3.05, 3.63) is 23.2 Å². The monoisotopic (exact) mass is 346 g/mol. The summed E-state index contributed by atoms with van der Waals surface area (Å²) in [4.78, 5) is 17.4. The smallest absolute Gasteiger partial charge is 0.323 e. The van der Waals surface area contributed by atoms with Crippen LogP contribution in [0.4, 0.5) is 0 Å². The van der Waals surface area contributed by atoms with Crippen LogP contribution in [0.2, 0.25) is 5.02 Å². The Morgan fingerprint density at radius 3 is 2.58 bits per heavy atom. The Labute approximate surface area is 120 Å². The van der Waals surface area contributed by atoms with Crippen molar-refractivity contribution in [2.45, 2.75) is 16.7 Å². The Morgan fingerprint density at radius 2 is 2.05 bits per heavy atom. The molecule has 1 aromatic rings. The van der Waals surface area contributed by atoms with Gasteiger partial charge in [-0.25, -0.2) is 0 Å². The van der Waals surface area contributed by atoms with E-state index >= 15 is 0 Å². The van der Waals surface area contributed by atoms with Crippen molar-refractivity contribution in [3.63, 3.8) is 0 Å². The van der Waals surface area contributed by atoms with Crippen molar-refractivity contribution in [1.29, 1.82) is 0 Å². The van der Waals surface area contributed by atoms with E-state index < -0.39 is 24.1 Å². The third-order valence-corrected chi connectivity index (χ3v) is 5.36. The number of hydrogen-bond acceptors (Lipinski definition) is 5. The Balaban J connectivity index is 3.17. The van der Waals surface area contributed by atoms with E-state index in [2.05, 4.69) is 4.18 Å². The van der Waals surface area contributed by atoms with E-state index in [1.165, 1.54) is 17.8 Å². The molecule has 10 heteroatoms. The number of rotatable bonds is 6. The molecule has 0 spiro atoms. The zero-order valence-electron chi connectivity index (χ0n) is 9.82. The topological polar surface area (TPSA) is 101 Å². The number of halogens is 1. The summed E-state index contributed by atoms with van der Waals surface area (Å²) in [5.41, 5.74) is 0. The predicted molar refractivity (Wildman–Crippen MR) is 73.0 cm³/mol. The minimum absolute atomic E-state index is 0.0517. The summed E-state index contributed by atoms with van der Waals surface area (Å²) in [6.45, 7) is 1.83. The standard InChI is InChI=1S/C9H12ClO6PS2/c1-2-18-8-5-3-4-7(10)9(8)19(14,15)16-6-17(11,12)13/h3-5H,2,6H2,1H3,(H2,11,12,13). The molecule has 0 fully saturated rings. The van der Waals surface area contributed by atoms with Gasteiger partial charge in [0.25, 0.3) is 10.1 Å². The minimum Gasteiger partial charge on any atom is -0.323 e. The molecule has 0 bridgehead atoms. The van der Waals surface area contributed by atoms with Crippen molar-refractivity contribution in [2.75, 3.05) is 12.1 Å². The second kappa shape index (κ2) is 6.58. The third kappa shape index (κ3) is 5.07. The van der Waals surface area contributed by atoms with Crippen molar-refractivity contribution in [1.82, 2.24) is 0 Å². The molecule has 0 aliphatic carbocycles. The van der Waals surface area contributed by atoms with Gasteiger partial charge in [-0.05, 0) is 17.9 Å². The van der Waals surface area contributed by atoms with Gasteiger partial charge in [-0.2, -0.15) is 8.42 Å². The van der Waals surface area contributed by atoms with Crippen LogP contribution in [-0.2, 0) is 18.9 Å². The van der Waals surface area contributed by atoms with Crippen LogP contribution in [0.1, 0.15) is 6.92 Å². The molecule has 0 unspecified atom stereocenters. The first kappa shape index (κ1) is 17.0. The lowest BCUT2D eigenvalue weighted by Gasteiger charge is -2.11. The van der Waals surface area contributed by atoms with E-state index in [0.717, 1.165) is 0 Å². The van der Waals surface area contributed by atoms with Gasteiger partial charge in [-0.3, -0.25) is 8.75 Å². The summed E-state index contributed by atoms with van der Waals surface area (Å²) < 4.78 is 38.9. The molecule has 0 aliphatic heterocycles. The molecule has 6 nitrogen and oxygen atoms in total. The van der Waals surface area contributed by atoms with Crippen molar-refractivity contribution in [2.24, 2.45) is 0 Å². The van der Waals surface area contributed by atoms with Gasteiger partial charge < -0.3 is 9.79 Å². The SMILES string of the molecule is CCSc1cccc(Cl)c1S(=O)(=O)OCP(=O)(O)O. The molecular formula is C9H12ClO6PS2. The first-order chi connectivity index (χ1) is 8.67. The molecule has 0 aliphatic rings. The molecule has 2 N–H and O–H groups in total. The van der Waals surface area contributed by atoms with E-state index in [-0.39, 0.29) is 9.92 Å². The van der Waals surface area contributed by atoms with E-state index in [1.54, 1.807) is 12.1 Å². The first-order valence-electron chi connectivity index (χ1n) is 5.02. The highest BCUT2D eigenvalue weighted by Gasteiger charge is 2.26. The van der Waals surface area contributed by atoms with Crippen LogP contribution in [0.3, 0.4) is 0 Å². The number of hydrogen-bond donors (Lipinski definition) is 2. The Hall–Kier alpha value is -0.0800. The maximum Gasteiger partial charge on any atom is 0.352 e. The highest BCUT2D eigenvalue weighted by atomic mass is 35.5. The van der Waals surface area contributed by atoms with Gasteiger partial charge in [-0.1, -0.05) is 24.6 Å². The van der Waals surface area contributed by atoms with Gasteiger partial charge in [0.2, 0.25) is 0 Å². The molecule has 0 radical (unpaired) electrons. The molecule has 0 aromatic heterocycles. The fraction of sp³-hybridized carbons (Fsp3) is 0.333. The lowest BCUT2D eigenvalue weighted by atomic mass is 10.4. The molecular weight excluding hydrogens is 335 g/mol. The van der Waals surface area contributed by atoms with Gasteiger partial charge >= 0.3 is 7.60 Å². The maximum atomic E-state index is 11.9. The quantitative estimate of drug-likeness (QED) is 0.463. The molecule has 1 aromatic carbocycles. The molecule has 0 saturated carbocycles. The van der Waals surface area contributed by atoms with Crippen LogP contribution in [0.15, 0.2) is 28.0 Å². The van der Waals surface area contributed by atoms with Crippen molar-refractivity contribution < 1.29 is 27.0 Å². The van der Waals surface area contributed by atoms with Gasteiger partial charge in [0.1, 0.15) is 4.90 Å². The van der Waals surface area contributed by atoms with Crippen molar-refractivity contribution in [3.8, 4) is 0 Å². The maximum absolute atomic E-state index is 11.9. The van der Waals surface area contributed by atoms with Crippen LogP contribution in [0.5, 0.6) is 0 Å². The average Bonchev–Trinajstić information content (AvgIpc) is 2.26. The minimum atomic E-state index is -4.58. The number of thioether (sulfide) groups is 1. The zero-order valence-corrected chi connectivity index (χ0v) is 13.1. The molecule has 1 rings (SSSR count). The second-order valence-electron chi connectivity index (χ2n) is 3.37.